The van der Waals surface area contributed by atoms with Crippen molar-refractivity contribution in [3.63, 3.8) is 0 Å². The van der Waals surface area contributed by atoms with E-state index < -0.39 is 12.1 Å². The second kappa shape index (κ2) is 12.0. The Morgan fingerprint density at radius 2 is 1.68 bits per heavy atom. The summed E-state index contributed by atoms with van der Waals surface area (Å²) in [5.74, 6) is 0.677. The molecule has 1 fully saturated rings. The molecule has 3 aromatic carbocycles. The zero-order chi connectivity index (χ0) is 28.2. The molecule has 2 atom stereocenters. The highest BCUT2D eigenvalue weighted by Crippen LogP contribution is 2.44. The van der Waals surface area contributed by atoms with Gasteiger partial charge in [-0.25, -0.2) is 9.78 Å². The van der Waals surface area contributed by atoms with Crippen LogP contribution >= 0.6 is 0 Å². The van der Waals surface area contributed by atoms with E-state index in [1.807, 2.05) is 65.7 Å². The van der Waals surface area contributed by atoms with Crippen LogP contribution in [0.15, 0.2) is 85.1 Å². The standard InChI is InChI=1S/C34H36N4O3/c1-2-3-18-29(33(39)38-20-11-19-31(38)32-35-21-30(36-32)23-12-5-4-6-13-23)37-34(40)41-22-28-26-16-9-7-14-24(26)25-15-8-10-17-27(25)28/h4-10,12-17,21,28-29,31H,2-3,11,18-20,22H2,1H3,(H,35,36)(H,37,40)/t29-,31-/m0/s1. The molecule has 7 nitrogen and oxygen atoms in total. The smallest absolute Gasteiger partial charge is 0.407 e. The van der Waals surface area contributed by atoms with Gasteiger partial charge in [0.25, 0.3) is 0 Å². The molecule has 210 valence electrons. The van der Waals surface area contributed by atoms with Crippen LogP contribution in [0, 0.1) is 0 Å². The number of rotatable bonds is 9. The number of benzene rings is 3. The number of alkyl carbamates (subject to hydrolysis) is 1. The number of H-pyrrole nitrogens is 1. The van der Waals surface area contributed by atoms with Crippen molar-refractivity contribution < 1.29 is 14.3 Å². The predicted molar refractivity (Wildman–Crippen MR) is 159 cm³/mol. The maximum atomic E-state index is 13.8. The van der Waals surface area contributed by atoms with Crippen LogP contribution in [-0.2, 0) is 9.53 Å². The fraction of sp³-hybridized carbons (Fsp3) is 0.324. The molecule has 2 N–H and O–H groups in total. The number of imidazole rings is 1. The molecule has 7 heteroatoms. The summed E-state index contributed by atoms with van der Waals surface area (Å²) >= 11 is 0. The van der Waals surface area contributed by atoms with Gasteiger partial charge in [0, 0.05) is 12.5 Å². The summed E-state index contributed by atoms with van der Waals surface area (Å²) in [7, 11) is 0. The van der Waals surface area contributed by atoms with Gasteiger partial charge in [-0.15, -0.1) is 0 Å². The second-order valence-electron chi connectivity index (χ2n) is 10.9. The van der Waals surface area contributed by atoms with E-state index in [0.717, 1.165) is 53.9 Å². The van der Waals surface area contributed by atoms with E-state index in [2.05, 4.69) is 46.5 Å². The topological polar surface area (TPSA) is 87.3 Å². The molecule has 6 rings (SSSR count). The number of likely N-dealkylation sites (tertiary alicyclic amines) is 1. The number of nitrogens with zero attached hydrogens (tertiary/aromatic N) is 2. The van der Waals surface area contributed by atoms with Crippen LogP contribution in [0.3, 0.4) is 0 Å². The van der Waals surface area contributed by atoms with Gasteiger partial charge in [-0.3, -0.25) is 4.79 Å². The molecule has 0 spiro atoms. The van der Waals surface area contributed by atoms with Crippen molar-refractivity contribution in [2.75, 3.05) is 13.2 Å². The zero-order valence-corrected chi connectivity index (χ0v) is 23.4. The number of hydrogen-bond donors (Lipinski definition) is 2. The highest BCUT2D eigenvalue weighted by molar-refractivity contribution is 5.86. The van der Waals surface area contributed by atoms with Crippen molar-refractivity contribution in [1.29, 1.82) is 0 Å². The third-order valence-corrected chi connectivity index (χ3v) is 8.31. The zero-order valence-electron chi connectivity index (χ0n) is 23.4. The lowest BCUT2D eigenvalue weighted by Crippen LogP contribution is -2.48. The first-order valence-electron chi connectivity index (χ1n) is 14.7. The van der Waals surface area contributed by atoms with Crippen LogP contribution in [0.25, 0.3) is 22.4 Å². The minimum absolute atomic E-state index is 0.0290. The van der Waals surface area contributed by atoms with Gasteiger partial charge in [-0.2, -0.15) is 0 Å². The van der Waals surface area contributed by atoms with Crippen molar-refractivity contribution in [3.8, 4) is 22.4 Å². The van der Waals surface area contributed by atoms with Gasteiger partial charge >= 0.3 is 6.09 Å². The quantitative estimate of drug-likeness (QED) is 0.240. The third-order valence-electron chi connectivity index (χ3n) is 8.31. The van der Waals surface area contributed by atoms with Crippen LogP contribution in [-0.4, -0.2) is 46.1 Å². The summed E-state index contributed by atoms with van der Waals surface area (Å²) in [6, 6.07) is 25.8. The highest BCUT2D eigenvalue weighted by atomic mass is 16.5. The molecule has 1 aliphatic carbocycles. The van der Waals surface area contributed by atoms with Crippen LogP contribution in [0.4, 0.5) is 4.79 Å². The number of hydrogen-bond acceptors (Lipinski definition) is 4. The lowest BCUT2D eigenvalue weighted by Gasteiger charge is -2.28. The van der Waals surface area contributed by atoms with Gasteiger partial charge in [-0.05, 0) is 47.1 Å². The average molecular weight is 549 g/mol. The fourth-order valence-electron chi connectivity index (χ4n) is 6.23. The number of carbonyl (C=O) groups excluding carboxylic acids is 2. The summed E-state index contributed by atoms with van der Waals surface area (Å²) in [5.41, 5.74) is 6.67. The maximum Gasteiger partial charge on any atom is 0.407 e. The van der Waals surface area contributed by atoms with Crippen molar-refractivity contribution in [2.45, 2.75) is 57.0 Å². The Hall–Kier alpha value is -4.39. The second-order valence-corrected chi connectivity index (χ2v) is 10.9. The predicted octanol–water partition coefficient (Wildman–Crippen LogP) is 6.84. The SMILES string of the molecule is CCCC[C@H](NC(=O)OCC1c2ccccc2-c2ccccc21)C(=O)N1CCC[C@H]1c1ncc(-c2ccccc2)[nH]1. The third kappa shape index (κ3) is 5.49. The van der Waals surface area contributed by atoms with E-state index in [1.54, 1.807) is 0 Å². The van der Waals surface area contributed by atoms with Gasteiger partial charge in [0.2, 0.25) is 5.91 Å². The Morgan fingerprint density at radius 1 is 1.00 bits per heavy atom. The first kappa shape index (κ1) is 26.8. The van der Waals surface area contributed by atoms with E-state index in [1.165, 1.54) is 11.1 Å². The number of ether oxygens (including phenoxy) is 1. The molecule has 4 aromatic rings. The summed E-state index contributed by atoms with van der Waals surface area (Å²) in [6.07, 6.45) is 5.32. The van der Waals surface area contributed by atoms with Crippen LogP contribution in [0.5, 0.6) is 0 Å². The summed E-state index contributed by atoms with van der Waals surface area (Å²) in [4.78, 5) is 36.9. The van der Waals surface area contributed by atoms with Gasteiger partial charge in [-0.1, -0.05) is 98.6 Å². The molecule has 0 saturated carbocycles. The summed E-state index contributed by atoms with van der Waals surface area (Å²) in [6.45, 7) is 2.94. The Balaban J connectivity index is 1.13. The van der Waals surface area contributed by atoms with Gasteiger partial charge in [0.1, 0.15) is 18.5 Å². The number of nitrogens with one attached hydrogen (secondary N) is 2. The number of aromatic amines is 1. The molecule has 1 aromatic heterocycles. The van der Waals surface area contributed by atoms with Crippen molar-refractivity contribution in [2.24, 2.45) is 0 Å². The first-order valence-corrected chi connectivity index (χ1v) is 14.7. The van der Waals surface area contributed by atoms with E-state index >= 15 is 0 Å². The normalized spacial score (nSPS) is 16.7. The summed E-state index contributed by atoms with van der Waals surface area (Å²) in [5, 5.41) is 2.92. The van der Waals surface area contributed by atoms with E-state index in [4.69, 9.17) is 4.74 Å². The molecule has 0 bridgehead atoms. The Morgan fingerprint density at radius 3 is 2.39 bits per heavy atom. The van der Waals surface area contributed by atoms with Crippen LogP contribution < -0.4 is 5.32 Å². The average Bonchev–Trinajstić information content (AvgIpc) is 3.76. The minimum atomic E-state index is -0.644. The van der Waals surface area contributed by atoms with Gasteiger partial charge < -0.3 is 19.9 Å². The highest BCUT2D eigenvalue weighted by Gasteiger charge is 2.36. The van der Waals surface area contributed by atoms with Crippen LogP contribution in [0.1, 0.15) is 67.9 Å². The van der Waals surface area contributed by atoms with Crippen molar-refractivity contribution in [3.05, 3.63) is 102 Å². The number of amides is 2. The molecule has 1 saturated heterocycles. The van der Waals surface area contributed by atoms with Gasteiger partial charge in [0.05, 0.1) is 17.9 Å². The molecule has 2 amide bonds. The maximum absolute atomic E-state index is 13.8. The van der Waals surface area contributed by atoms with Crippen molar-refractivity contribution >= 4 is 12.0 Å². The number of unbranched alkanes of at least 4 members (excludes halogenated alkanes) is 1. The molecule has 1 aliphatic heterocycles. The Labute approximate surface area is 241 Å². The Bertz CT molecular complexity index is 1470. The fourth-order valence-corrected chi connectivity index (χ4v) is 6.23. The molecule has 2 aliphatic rings. The number of aromatic nitrogens is 2. The molecule has 2 heterocycles. The largest absolute Gasteiger partial charge is 0.449 e. The molecular formula is C34H36N4O3. The van der Waals surface area contributed by atoms with Gasteiger partial charge in [0.15, 0.2) is 0 Å². The number of carbonyl (C=O) groups is 2. The van der Waals surface area contributed by atoms with E-state index in [-0.39, 0.29) is 24.5 Å². The minimum Gasteiger partial charge on any atom is -0.449 e. The van der Waals surface area contributed by atoms with E-state index in [0.29, 0.717) is 13.0 Å². The first-order chi connectivity index (χ1) is 20.1. The van der Waals surface area contributed by atoms with Crippen LogP contribution in [0.2, 0.25) is 0 Å². The molecule has 0 radical (unpaired) electrons. The monoisotopic (exact) mass is 548 g/mol. The molecular weight excluding hydrogens is 512 g/mol. The lowest BCUT2D eigenvalue weighted by atomic mass is 9.98. The number of fused-ring (bicyclic) bond motifs is 3. The Kier molecular flexibility index (Phi) is 7.85. The van der Waals surface area contributed by atoms with E-state index in [9.17, 15) is 9.59 Å². The summed E-state index contributed by atoms with van der Waals surface area (Å²) < 4.78 is 5.79. The molecule has 0 unspecified atom stereocenters. The van der Waals surface area contributed by atoms with Crippen molar-refractivity contribution in [1.82, 2.24) is 20.2 Å². The molecule has 41 heavy (non-hydrogen) atoms. The lowest BCUT2D eigenvalue weighted by molar-refractivity contribution is -0.134.